The number of nitrogens with zero attached hydrogens (tertiary/aromatic N) is 1. The lowest BCUT2D eigenvalue weighted by Crippen LogP contribution is -2.40. The zero-order valence-corrected chi connectivity index (χ0v) is 10.8. The molecule has 1 amide bonds. The number of carbonyl (C=O) groups excluding carboxylic acids is 1. The molecular formula is C13H16F3NO. The molecule has 0 aromatic heterocycles. The standard InChI is InChI=1S/C13H16F3NO/c1-12(2,11(18)17(3)4)9-7-5-6-8-10(9)13(14,15)16/h5-8H,1-4H3. The summed E-state index contributed by atoms with van der Waals surface area (Å²) >= 11 is 0. The molecule has 0 atom stereocenters. The first-order chi connectivity index (χ1) is 8.08. The third-order valence-electron chi connectivity index (χ3n) is 2.85. The van der Waals surface area contributed by atoms with Crippen molar-refractivity contribution >= 4 is 5.91 Å². The number of alkyl halides is 3. The lowest BCUT2D eigenvalue weighted by molar-refractivity contribution is -0.140. The zero-order chi connectivity index (χ0) is 14.1. The van der Waals surface area contributed by atoms with Gasteiger partial charge in [-0.2, -0.15) is 13.2 Å². The summed E-state index contributed by atoms with van der Waals surface area (Å²) in [5.41, 5.74) is -1.98. The summed E-state index contributed by atoms with van der Waals surface area (Å²) in [5, 5.41) is 0. The number of carbonyl (C=O) groups is 1. The Bertz CT molecular complexity index is 450. The first kappa shape index (κ1) is 14.5. The molecule has 0 radical (unpaired) electrons. The first-order valence-corrected chi connectivity index (χ1v) is 5.47. The highest BCUT2D eigenvalue weighted by atomic mass is 19.4. The monoisotopic (exact) mass is 259 g/mol. The molecule has 100 valence electrons. The third kappa shape index (κ3) is 2.66. The number of hydrogen-bond acceptors (Lipinski definition) is 1. The van der Waals surface area contributed by atoms with E-state index in [1.165, 1.54) is 51.0 Å². The second-order valence-electron chi connectivity index (χ2n) is 4.87. The highest BCUT2D eigenvalue weighted by Crippen LogP contribution is 2.37. The maximum absolute atomic E-state index is 12.9. The lowest BCUT2D eigenvalue weighted by Gasteiger charge is -2.30. The van der Waals surface area contributed by atoms with E-state index in [0.29, 0.717) is 0 Å². The average Bonchev–Trinajstić information content (AvgIpc) is 2.26. The average molecular weight is 259 g/mol. The van der Waals surface area contributed by atoms with Crippen LogP contribution in [-0.4, -0.2) is 24.9 Å². The molecule has 0 N–H and O–H groups in total. The molecule has 5 heteroatoms. The first-order valence-electron chi connectivity index (χ1n) is 5.47. The fourth-order valence-electron chi connectivity index (χ4n) is 1.95. The van der Waals surface area contributed by atoms with E-state index in [9.17, 15) is 18.0 Å². The van der Waals surface area contributed by atoms with E-state index in [4.69, 9.17) is 0 Å². The van der Waals surface area contributed by atoms with Crippen LogP contribution in [-0.2, 0) is 16.4 Å². The van der Waals surface area contributed by atoms with Crippen LogP contribution in [0.5, 0.6) is 0 Å². The van der Waals surface area contributed by atoms with Crippen molar-refractivity contribution in [3.05, 3.63) is 35.4 Å². The van der Waals surface area contributed by atoms with Crippen molar-refractivity contribution in [2.45, 2.75) is 25.4 Å². The highest BCUT2D eigenvalue weighted by molar-refractivity contribution is 5.87. The predicted molar refractivity (Wildman–Crippen MR) is 63.2 cm³/mol. The summed E-state index contributed by atoms with van der Waals surface area (Å²) in [5.74, 6) is -0.362. The van der Waals surface area contributed by atoms with Crippen molar-refractivity contribution in [2.24, 2.45) is 0 Å². The normalized spacial score (nSPS) is 12.4. The summed E-state index contributed by atoms with van der Waals surface area (Å²) in [7, 11) is 3.06. The van der Waals surface area contributed by atoms with Crippen LogP contribution in [0, 0.1) is 0 Å². The SMILES string of the molecule is CN(C)C(=O)C(C)(C)c1ccccc1C(F)(F)F. The minimum atomic E-state index is -4.46. The van der Waals surface area contributed by atoms with Gasteiger partial charge in [-0.05, 0) is 25.5 Å². The van der Waals surface area contributed by atoms with Crippen LogP contribution in [0.25, 0.3) is 0 Å². The van der Waals surface area contributed by atoms with E-state index in [0.717, 1.165) is 6.07 Å². The van der Waals surface area contributed by atoms with Gasteiger partial charge in [-0.25, -0.2) is 0 Å². The number of halogens is 3. The fourth-order valence-corrected chi connectivity index (χ4v) is 1.95. The van der Waals surface area contributed by atoms with Crippen LogP contribution in [0.4, 0.5) is 13.2 Å². The molecule has 0 unspecified atom stereocenters. The number of hydrogen-bond donors (Lipinski definition) is 0. The van der Waals surface area contributed by atoms with Gasteiger partial charge in [0.15, 0.2) is 0 Å². The quantitative estimate of drug-likeness (QED) is 0.799. The fraction of sp³-hybridized carbons (Fsp3) is 0.462. The topological polar surface area (TPSA) is 20.3 Å². The van der Waals surface area contributed by atoms with Gasteiger partial charge in [0.1, 0.15) is 0 Å². The summed E-state index contributed by atoms with van der Waals surface area (Å²) in [6, 6.07) is 5.18. The molecular weight excluding hydrogens is 243 g/mol. The molecule has 1 rings (SSSR count). The van der Waals surface area contributed by atoms with Crippen molar-refractivity contribution in [3.8, 4) is 0 Å². The zero-order valence-electron chi connectivity index (χ0n) is 10.8. The van der Waals surface area contributed by atoms with Crippen molar-refractivity contribution in [2.75, 3.05) is 14.1 Å². The Morgan fingerprint density at radius 1 is 1.06 bits per heavy atom. The van der Waals surface area contributed by atoms with E-state index < -0.39 is 17.2 Å². The van der Waals surface area contributed by atoms with Crippen molar-refractivity contribution in [1.29, 1.82) is 0 Å². The molecule has 0 saturated heterocycles. The second kappa shape index (κ2) is 4.63. The largest absolute Gasteiger partial charge is 0.416 e. The molecule has 0 fully saturated rings. The lowest BCUT2D eigenvalue weighted by atomic mass is 9.80. The van der Waals surface area contributed by atoms with Gasteiger partial charge in [-0.1, -0.05) is 18.2 Å². The van der Waals surface area contributed by atoms with Gasteiger partial charge in [0.2, 0.25) is 5.91 Å². The molecule has 0 aliphatic rings. The molecule has 0 bridgehead atoms. The van der Waals surface area contributed by atoms with Crippen LogP contribution in [0.1, 0.15) is 25.0 Å². The minimum Gasteiger partial charge on any atom is -0.348 e. The molecule has 1 aromatic carbocycles. The second-order valence-corrected chi connectivity index (χ2v) is 4.87. The van der Waals surface area contributed by atoms with Crippen LogP contribution in [0.15, 0.2) is 24.3 Å². The Labute approximate surface area is 104 Å². The molecule has 0 aliphatic carbocycles. The van der Waals surface area contributed by atoms with Crippen LogP contribution in [0.2, 0.25) is 0 Å². The molecule has 18 heavy (non-hydrogen) atoms. The Kier molecular flexibility index (Phi) is 3.74. The summed E-state index contributed by atoms with van der Waals surface area (Å²) in [4.78, 5) is 13.3. The van der Waals surface area contributed by atoms with E-state index in [1.807, 2.05) is 0 Å². The molecule has 1 aromatic rings. The van der Waals surface area contributed by atoms with Gasteiger partial charge in [-0.3, -0.25) is 4.79 Å². The number of benzene rings is 1. The minimum absolute atomic E-state index is 0.00352. The van der Waals surface area contributed by atoms with E-state index in [2.05, 4.69) is 0 Å². The summed E-state index contributed by atoms with van der Waals surface area (Å²) < 4.78 is 38.8. The number of likely N-dealkylation sites (N-methyl/N-ethyl adjacent to an activating group) is 1. The molecule has 0 saturated carbocycles. The van der Waals surface area contributed by atoms with Crippen LogP contribution >= 0.6 is 0 Å². The van der Waals surface area contributed by atoms with Gasteiger partial charge in [0.05, 0.1) is 11.0 Å². The Hall–Kier alpha value is -1.52. The predicted octanol–water partition coefficient (Wildman–Crippen LogP) is 3.07. The third-order valence-corrected chi connectivity index (χ3v) is 2.85. The van der Waals surface area contributed by atoms with Crippen LogP contribution < -0.4 is 0 Å². The molecule has 0 aliphatic heterocycles. The smallest absolute Gasteiger partial charge is 0.348 e. The van der Waals surface area contributed by atoms with E-state index in [1.54, 1.807) is 0 Å². The summed E-state index contributed by atoms with van der Waals surface area (Å²) in [6.07, 6.45) is -4.46. The molecule has 2 nitrogen and oxygen atoms in total. The van der Waals surface area contributed by atoms with Crippen LogP contribution in [0.3, 0.4) is 0 Å². The van der Waals surface area contributed by atoms with Gasteiger partial charge in [0, 0.05) is 14.1 Å². The number of rotatable bonds is 2. The van der Waals surface area contributed by atoms with Crippen molar-refractivity contribution in [3.63, 3.8) is 0 Å². The maximum atomic E-state index is 12.9. The summed E-state index contributed by atoms with van der Waals surface area (Å²) in [6.45, 7) is 3.00. The Balaban J connectivity index is 3.38. The maximum Gasteiger partial charge on any atom is 0.416 e. The van der Waals surface area contributed by atoms with Crippen molar-refractivity contribution < 1.29 is 18.0 Å². The van der Waals surface area contributed by atoms with E-state index in [-0.39, 0.29) is 11.5 Å². The number of amides is 1. The van der Waals surface area contributed by atoms with E-state index >= 15 is 0 Å². The van der Waals surface area contributed by atoms with Gasteiger partial charge in [-0.15, -0.1) is 0 Å². The Morgan fingerprint density at radius 2 is 1.50 bits per heavy atom. The van der Waals surface area contributed by atoms with Crippen molar-refractivity contribution in [1.82, 2.24) is 4.90 Å². The molecule has 0 heterocycles. The molecule has 0 spiro atoms. The van der Waals surface area contributed by atoms with Gasteiger partial charge < -0.3 is 4.90 Å². The Morgan fingerprint density at radius 3 is 1.89 bits per heavy atom. The van der Waals surface area contributed by atoms with Gasteiger partial charge in [0.25, 0.3) is 0 Å². The van der Waals surface area contributed by atoms with Gasteiger partial charge >= 0.3 is 6.18 Å². The highest BCUT2D eigenvalue weighted by Gasteiger charge is 2.40.